The summed E-state index contributed by atoms with van der Waals surface area (Å²) in [7, 11) is 2.16. The minimum atomic E-state index is 0.170. The second-order valence-electron chi connectivity index (χ2n) is 5.96. The van der Waals surface area contributed by atoms with Crippen LogP contribution >= 0.6 is 11.6 Å². The predicted octanol–water partition coefficient (Wildman–Crippen LogP) is 3.19. The molecule has 0 aliphatic rings. The molecule has 0 amide bonds. The van der Waals surface area contributed by atoms with Crippen molar-refractivity contribution < 1.29 is 0 Å². The molecule has 0 heterocycles. The molecule has 0 saturated carbocycles. The van der Waals surface area contributed by atoms with E-state index >= 15 is 0 Å². The van der Waals surface area contributed by atoms with Crippen molar-refractivity contribution in [1.29, 1.82) is 0 Å². The lowest BCUT2D eigenvalue weighted by Crippen LogP contribution is -2.41. The molecule has 1 atom stereocenters. The fourth-order valence-electron chi connectivity index (χ4n) is 2.01. The summed E-state index contributed by atoms with van der Waals surface area (Å²) in [6.45, 7) is 8.39. The molecule has 0 aromatic heterocycles. The molecule has 18 heavy (non-hydrogen) atoms. The van der Waals surface area contributed by atoms with Crippen LogP contribution in [-0.2, 0) is 6.42 Å². The summed E-state index contributed by atoms with van der Waals surface area (Å²) in [5, 5.41) is 0.795. The Bertz CT molecular complexity index is 359. The van der Waals surface area contributed by atoms with E-state index in [1.807, 2.05) is 12.1 Å². The minimum absolute atomic E-state index is 0.170. The van der Waals surface area contributed by atoms with Gasteiger partial charge in [0.2, 0.25) is 0 Å². The highest BCUT2D eigenvalue weighted by Gasteiger charge is 2.20. The first-order chi connectivity index (χ1) is 8.34. The van der Waals surface area contributed by atoms with Crippen LogP contribution in [0.2, 0.25) is 5.02 Å². The molecule has 2 nitrogen and oxygen atoms in total. The van der Waals surface area contributed by atoms with Crippen LogP contribution in [0.1, 0.15) is 26.3 Å². The van der Waals surface area contributed by atoms with Crippen LogP contribution in [0, 0.1) is 5.41 Å². The Labute approximate surface area is 116 Å². The lowest BCUT2D eigenvalue weighted by Gasteiger charge is -2.33. The molecule has 0 radical (unpaired) electrons. The maximum absolute atomic E-state index is 5.89. The van der Waals surface area contributed by atoms with Crippen molar-refractivity contribution in [2.24, 2.45) is 11.1 Å². The number of halogens is 1. The van der Waals surface area contributed by atoms with E-state index in [2.05, 4.69) is 44.9 Å². The molecule has 1 rings (SSSR count). The summed E-state index contributed by atoms with van der Waals surface area (Å²) < 4.78 is 0. The van der Waals surface area contributed by atoms with Crippen LogP contribution in [0.4, 0.5) is 0 Å². The van der Waals surface area contributed by atoms with Gasteiger partial charge >= 0.3 is 0 Å². The Hall–Kier alpha value is -0.570. The van der Waals surface area contributed by atoms with E-state index in [1.54, 1.807) is 0 Å². The van der Waals surface area contributed by atoms with E-state index in [0.717, 1.165) is 18.0 Å². The highest BCUT2D eigenvalue weighted by atomic mass is 35.5. The van der Waals surface area contributed by atoms with Crippen molar-refractivity contribution in [3.63, 3.8) is 0 Å². The Kier molecular flexibility index (Phi) is 5.64. The van der Waals surface area contributed by atoms with Gasteiger partial charge in [-0.1, -0.05) is 37.6 Å². The fourth-order valence-corrected chi connectivity index (χ4v) is 2.14. The molecule has 0 aliphatic heterocycles. The van der Waals surface area contributed by atoms with Crippen molar-refractivity contribution in [3.8, 4) is 0 Å². The van der Waals surface area contributed by atoms with Crippen LogP contribution < -0.4 is 5.73 Å². The van der Waals surface area contributed by atoms with Crippen molar-refractivity contribution >= 4 is 11.6 Å². The largest absolute Gasteiger partial charge is 0.330 e. The van der Waals surface area contributed by atoms with Crippen molar-refractivity contribution in [3.05, 3.63) is 34.9 Å². The lowest BCUT2D eigenvalue weighted by atomic mass is 9.92. The van der Waals surface area contributed by atoms with Crippen molar-refractivity contribution in [2.75, 3.05) is 20.1 Å². The molecule has 1 unspecified atom stereocenters. The number of hydrogen-bond acceptors (Lipinski definition) is 2. The number of hydrogen-bond donors (Lipinski definition) is 1. The zero-order valence-corrected chi connectivity index (χ0v) is 12.7. The third kappa shape index (κ3) is 4.97. The van der Waals surface area contributed by atoms with Crippen LogP contribution in [-0.4, -0.2) is 31.1 Å². The van der Waals surface area contributed by atoms with Crippen molar-refractivity contribution in [1.82, 2.24) is 4.90 Å². The molecule has 0 saturated heterocycles. The third-order valence-corrected chi connectivity index (χ3v) is 3.68. The molecule has 0 aliphatic carbocycles. The molecular weight excluding hydrogens is 244 g/mol. The zero-order valence-electron chi connectivity index (χ0n) is 11.9. The highest BCUT2D eigenvalue weighted by Crippen LogP contribution is 2.18. The first-order valence-corrected chi connectivity index (χ1v) is 6.86. The lowest BCUT2D eigenvalue weighted by molar-refractivity contribution is 0.172. The van der Waals surface area contributed by atoms with E-state index in [4.69, 9.17) is 17.3 Å². The maximum Gasteiger partial charge on any atom is 0.0406 e. The van der Waals surface area contributed by atoms with Gasteiger partial charge in [-0.25, -0.2) is 0 Å². The molecule has 0 spiro atoms. The normalized spacial score (nSPS) is 13.9. The molecule has 102 valence electrons. The van der Waals surface area contributed by atoms with Gasteiger partial charge in [0.1, 0.15) is 0 Å². The predicted molar refractivity (Wildman–Crippen MR) is 80.1 cm³/mol. The average Bonchev–Trinajstić information content (AvgIpc) is 2.31. The monoisotopic (exact) mass is 268 g/mol. The molecule has 0 bridgehead atoms. The van der Waals surface area contributed by atoms with Gasteiger partial charge < -0.3 is 10.6 Å². The molecule has 1 aromatic carbocycles. The topological polar surface area (TPSA) is 29.3 Å². The van der Waals surface area contributed by atoms with Gasteiger partial charge in [-0.15, -0.1) is 0 Å². The Morgan fingerprint density at radius 2 is 1.83 bits per heavy atom. The second-order valence-corrected chi connectivity index (χ2v) is 6.40. The number of likely N-dealkylation sites (N-methyl/N-ethyl adjacent to an activating group) is 1. The molecule has 3 heteroatoms. The average molecular weight is 269 g/mol. The number of benzene rings is 1. The van der Waals surface area contributed by atoms with Gasteiger partial charge in [0.15, 0.2) is 0 Å². The third-order valence-electron chi connectivity index (χ3n) is 3.43. The highest BCUT2D eigenvalue weighted by molar-refractivity contribution is 6.30. The van der Waals surface area contributed by atoms with Crippen LogP contribution in [0.15, 0.2) is 24.3 Å². The van der Waals surface area contributed by atoms with E-state index in [-0.39, 0.29) is 5.41 Å². The Morgan fingerprint density at radius 1 is 1.28 bits per heavy atom. The number of nitrogens with zero attached hydrogens (tertiary/aromatic N) is 1. The SMILES string of the molecule is CC(Cc1ccc(Cl)cc1)N(C)CC(C)(C)CN. The summed E-state index contributed by atoms with van der Waals surface area (Å²) in [5.41, 5.74) is 7.28. The molecular formula is C15H25ClN2. The number of rotatable bonds is 6. The molecule has 2 N–H and O–H groups in total. The molecule has 0 fully saturated rings. The first-order valence-electron chi connectivity index (χ1n) is 6.49. The van der Waals surface area contributed by atoms with Gasteiger partial charge in [0.05, 0.1) is 0 Å². The van der Waals surface area contributed by atoms with Gasteiger partial charge in [-0.3, -0.25) is 0 Å². The summed E-state index contributed by atoms with van der Waals surface area (Å²) in [4.78, 5) is 2.38. The summed E-state index contributed by atoms with van der Waals surface area (Å²) in [6.07, 6.45) is 1.04. The fraction of sp³-hybridized carbons (Fsp3) is 0.600. The standard InChI is InChI=1S/C15H25ClN2/c1-12(18(4)11-15(2,3)10-17)9-13-5-7-14(16)8-6-13/h5-8,12H,9-11,17H2,1-4H3. The van der Waals surface area contributed by atoms with Gasteiger partial charge in [0.25, 0.3) is 0 Å². The second kappa shape index (κ2) is 6.55. The van der Waals surface area contributed by atoms with Crippen molar-refractivity contribution in [2.45, 2.75) is 33.2 Å². The number of nitrogens with two attached hydrogens (primary N) is 1. The van der Waals surface area contributed by atoms with Crippen LogP contribution in [0.25, 0.3) is 0 Å². The smallest absolute Gasteiger partial charge is 0.0406 e. The first kappa shape index (κ1) is 15.5. The quantitative estimate of drug-likeness (QED) is 0.859. The van der Waals surface area contributed by atoms with E-state index in [1.165, 1.54) is 5.56 Å². The minimum Gasteiger partial charge on any atom is -0.330 e. The van der Waals surface area contributed by atoms with Crippen LogP contribution in [0.3, 0.4) is 0 Å². The Balaban J connectivity index is 2.54. The van der Waals surface area contributed by atoms with Gasteiger partial charge in [-0.05, 0) is 50.0 Å². The Morgan fingerprint density at radius 3 is 2.33 bits per heavy atom. The maximum atomic E-state index is 5.89. The van der Waals surface area contributed by atoms with Crippen LogP contribution in [0.5, 0.6) is 0 Å². The summed E-state index contributed by atoms with van der Waals surface area (Å²) in [5.74, 6) is 0. The van der Waals surface area contributed by atoms with Gasteiger partial charge in [-0.2, -0.15) is 0 Å². The summed E-state index contributed by atoms with van der Waals surface area (Å²) in [6, 6.07) is 8.60. The van der Waals surface area contributed by atoms with Gasteiger partial charge in [0, 0.05) is 17.6 Å². The van der Waals surface area contributed by atoms with E-state index in [0.29, 0.717) is 12.6 Å². The zero-order chi connectivity index (χ0) is 13.8. The van der Waals surface area contributed by atoms with E-state index < -0.39 is 0 Å². The summed E-state index contributed by atoms with van der Waals surface area (Å²) >= 11 is 5.89. The molecule has 1 aromatic rings. The van der Waals surface area contributed by atoms with E-state index in [9.17, 15) is 0 Å².